The number of amides is 1. The van der Waals surface area contributed by atoms with E-state index in [9.17, 15) is 9.90 Å². The summed E-state index contributed by atoms with van der Waals surface area (Å²) < 4.78 is 0. The molecule has 0 aromatic rings. The Kier molecular flexibility index (Phi) is 4.40. The first-order valence-corrected chi connectivity index (χ1v) is 6.87. The van der Waals surface area contributed by atoms with Gasteiger partial charge in [-0.05, 0) is 45.6 Å². The average Bonchev–Trinajstić information content (AvgIpc) is 2.76. The standard InChI is InChI=1S/C13H24N2O2/c1-10(16)8-12-5-3-7-15(12)13(17)11-4-2-6-14-9-11/h10-12,14,16H,2-9H2,1H3/t10?,11-,12?/m0/s1. The van der Waals surface area contributed by atoms with Gasteiger partial charge in [-0.25, -0.2) is 0 Å². The molecule has 0 aliphatic carbocycles. The van der Waals surface area contributed by atoms with Crippen LogP contribution < -0.4 is 5.32 Å². The minimum absolute atomic E-state index is 0.165. The quantitative estimate of drug-likeness (QED) is 0.765. The molecule has 0 aromatic carbocycles. The third-order valence-electron chi connectivity index (χ3n) is 3.92. The minimum Gasteiger partial charge on any atom is -0.393 e. The van der Waals surface area contributed by atoms with Gasteiger partial charge in [0, 0.05) is 19.1 Å². The van der Waals surface area contributed by atoms with Gasteiger partial charge in [-0.2, -0.15) is 0 Å². The number of nitrogens with zero attached hydrogens (tertiary/aromatic N) is 1. The first kappa shape index (κ1) is 12.8. The summed E-state index contributed by atoms with van der Waals surface area (Å²) in [6.07, 6.45) is 4.68. The van der Waals surface area contributed by atoms with Crippen LogP contribution in [0, 0.1) is 5.92 Å². The van der Waals surface area contributed by atoms with Crippen molar-refractivity contribution in [2.24, 2.45) is 5.92 Å². The molecule has 2 aliphatic heterocycles. The van der Waals surface area contributed by atoms with Crippen LogP contribution in [0.15, 0.2) is 0 Å². The molecule has 98 valence electrons. The van der Waals surface area contributed by atoms with E-state index in [0.29, 0.717) is 5.91 Å². The van der Waals surface area contributed by atoms with Crippen LogP contribution in [0.3, 0.4) is 0 Å². The number of aliphatic hydroxyl groups excluding tert-OH is 1. The molecular formula is C13H24N2O2. The Balaban J connectivity index is 1.92. The summed E-state index contributed by atoms with van der Waals surface area (Å²) in [6, 6.07) is 0.268. The number of piperidine rings is 1. The predicted octanol–water partition coefficient (Wildman–Crippen LogP) is 0.748. The third kappa shape index (κ3) is 3.19. The van der Waals surface area contributed by atoms with Gasteiger partial charge < -0.3 is 15.3 Å². The third-order valence-corrected chi connectivity index (χ3v) is 3.92. The molecule has 0 radical (unpaired) electrons. The highest BCUT2D eigenvalue weighted by Crippen LogP contribution is 2.25. The second kappa shape index (κ2) is 5.83. The first-order valence-electron chi connectivity index (χ1n) is 6.87. The summed E-state index contributed by atoms with van der Waals surface area (Å²) in [4.78, 5) is 14.4. The monoisotopic (exact) mass is 240 g/mol. The lowest BCUT2D eigenvalue weighted by Gasteiger charge is -2.31. The minimum atomic E-state index is -0.308. The Morgan fingerprint density at radius 1 is 1.47 bits per heavy atom. The largest absolute Gasteiger partial charge is 0.393 e. The van der Waals surface area contributed by atoms with Crippen molar-refractivity contribution in [3.05, 3.63) is 0 Å². The van der Waals surface area contributed by atoms with Gasteiger partial charge in [0.1, 0.15) is 0 Å². The number of likely N-dealkylation sites (tertiary alicyclic amines) is 1. The lowest BCUT2D eigenvalue weighted by Crippen LogP contribution is -2.45. The number of carbonyl (C=O) groups excluding carboxylic acids is 1. The van der Waals surface area contributed by atoms with Crippen molar-refractivity contribution in [1.29, 1.82) is 0 Å². The lowest BCUT2D eigenvalue weighted by atomic mass is 9.97. The second-order valence-electron chi connectivity index (χ2n) is 5.46. The predicted molar refractivity (Wildman–Crippen MR) is 66.6 cm³/mol. The molecule has 2 aliphatic rings. The SMILES string of the molecule is CC(O)CC1CCCN1C(=O)[C@H]1CCCNC1. The van der Waals surface area contributed by atoms with E-state index in [-0.39, 0.29) is 18.1 Å². The van der Waals surface area contributed by atoms with Crippen molar-refractivity contribution in [3.8, 4) is 0 Å². The van der Waals surface area contributed by atoms with Gasteiger partial charge in [-0.1, -0.05) is 0 Å². The Morgan fingerprint density at radius 2 is 2.29 bits per heavy atom. The first-order chi connectivity index (χ1) is 8.18. The van der Waals surface area contributed by atoms with Crippen LogP contribution in [0.4, 0.5) is 0 Å². The Hall–Kier alpha value is -0.610. The van der Waals surface area contributed by atoms with E-state index in [4.69, 9.17) is 0 Å². The van der Waals surface area contributed by atoms with E-state index in [1.807, 2.05) is 11.8 Å². The zero-order valence-electron chi connectivity index (χ0n) is 10.7. The highest BCUT2D eigenvalue weighted by Gasteiger charge is 2.33. The van der Waals surface area contributed by atoms with Crippen molar-refractivity contribution in [3.63, 3.8) is 0 Å². The van der Waals surface area contributed by atoms with Crippen molar-refractivity contribution < 1.29 is 9.90 Å². The summed E-state index contributed by atoms with van der Waals surface area (Å²) in [6.45, 7) is 4.56. The average molecular weight is 240 g/mol. The molecule has 17 heavy (non-hydrogen) atoms. The van der Waals surface area contributed by atoms with Crippen LogP contribution in [0.25, 0.3) is 0 Å². The molecule has 0 aromatic heterocycles. The summed E-state index contributed by atoms with van der Waals surface area (Å²) in [5.74, 6) is 0.471. The molecule has 2 heterocycles. The van der Waals surface area contributed by atoms with Crippen LogP contribution in [0.1, 0.15) is 39.0 Å². The van der Waals surface area contributed by atoms with Gasteiger partial charge in [0.15, 0.2) is 0 Å². The maximum Gasteiger partial charge on any atom is 0.227 e. The summed E-state index contributed by atoms with van der Waals surface area (Å²) in [5, 5.41) is 12.8. The van der Waals surface area contributed by atoms with Gasteiger partial charge in [-0.3, -0.25) is 4.79 Å². The molecule has 1 amide bonds. The van der Waals surface area contributed by atoms with Gasteiger partial charge in [0.05, 0.1) is 12.0 Å². The summed E-state index contributed by atoms with van der Waals surface area (Å²) in [5.41, 5.74) is 0. The number of rotatable bonds is 3. The van der Waals surface area contributed by atoms with Gasteiger partial charge in [0.25, 0.3) is 0 Å². The van der Waals surface area contributed by atoms with Crippen LogP contribution in [-0.4, -0.2) is 47.7 Å². The zero-order chi connectivity index (χ0) is 12.3. The number of nitrogens with one attached hydrogen (secondary N) is 1. The number of carbonyl (C=O) groups is 1. The second-order valence-corrected chi connectivity index (χ2v) is 5.46. The maximum atomic E-state index is 12.4. The normalized spacial score (nSPS) is 31.5. The molecule has 0 bridgehead atoms. The molecule has 0 spiro atoms. The molecule has 2 N–H and O–H groups in total. The molecule has 4 heteroatoms. The fraction of sp³-hybridized carbons (Fsp3) is 0.923. The van der Waals surface area contributed by atoms with Crippen LogP contribution in [0.2, 0.25) is 0 Å². The molecule has 2 fully saturated rings. The van der Waals surface area contributed by atoms with Crippen molar-refractivity contribution in [2.75, 3.05) is 19.6 Å². The molecule has 4 nitrogen and oxygen atoms in total. The highest BCUT2D eigenvalue weighted by atomic mass is 16.3. The topological polar surface area (TPSA) is 52.6 Å². The van der Waals surface area contributed by atoms with Crippen molar-refractivity contribution >= 4 is 5.91 Å². The molecule has 2 saturated heterocycles. The molecule has 0 saturated carbocycles. The molecule has 3 atom stereocenters. The summed E-state index contributed by atoms with van der Waals surface area (Å²) in [7, 11) is 0. The Bertz CT molecular complexity index is 262. The number of aliphatic hydroxyl groups is 1. The fourth-order valence-electron chi connectivity index (χ4n) is 3.06. The Morgan fingerprint density at radius 3 is 2.94 bits per heavy atom. The molecule has 2 unspecified atom stereocenters. The molecular weight excluding hydrogens is 216 g/mol. The lowest BCUT2D eigenvalue weighted by molar-refractivity contribution is -0.137. The van der Waals surface area contributed by atoms with E-state index in [2.05, 4.69) is 5.32 Å². The van der Waals surface area contributed by atoms with E-state index >= 15 is 0 Å². The smallest absolute Gasteiger partial charge is 0.227 e. The number of hydrogen-bond acceptors (Lipinski definition) is 3. The van der Waals surface area contributed by atoms with Gasteiger partial charge in [-0.15, -0.1) is 0 Å². The van der Waals surface area contributed by atoms with E-state index in [1.165, 1.54) is 0 Å². The Labute approximate surface area is 103 Å². The van der Waals surface area contributed by atoms with E-state index < -0.39 is 0 Å². The van der Waals surface area contributed by atoms with E-state index in [1.54, 1.807) is 0 Å². The fourth-order valence-corrected chi connectivity index (χ4v) is 3.06. The zero-order valence-corrected chi connectivity index (χ0v) is 10.7. The number of hydrogen-bond donors (Lipinski definition) is 2. The summed E-state index contributed by atoms with van der Waals surface area (Å²) >= 11 is 0. The van der Waals surface area contributed by atoms with Crippen molar-refractivity contribution in [2.45, 2.75) is 51.2 Å². The van der Waals surface area contributed by atoms with Crippen LogP contribution in [0.5, 0.6) is 0 Å². The van der Waals surface area contributed by atoms with Crippen LogP contribution in [-0.2, 0) is 4.79 Å². The van der Waals surface area contributed by atoms with Gasteiger partial charge >= 0.3 is 0 Å². The molecule has 2 rings (SSSR count). The maximum absolute atomic E-state index is 12.4. The highest BCUT2D eigenvalue weighted by molar-refractivity contribution is 5.79. The van der Waals surface area contributed by atoms with E-state index in [0.717, 1.165) is 51.7 Å². The van der Waals surface area contributed by atoms with Crippen molar-refractivity contribution in [1.82, 2.24) is 10.2 Å². The van der Waals surface area contributed by atoms with Gasteiger partial charge in [0.2, 0.25) is 5.91 Å². The van der Waals surface area contributed by atoms with Crippen LogP contribution >= 0.6 is 0 Å².